The second-order valence-electron chi connectivity index (χ2n) is 5.91. The predicted octanol–water partition coefficient (Wildman–Crippen LogP) is 4.91. The van der Waals surface area contributed by atoms with Crippen LogP contribution in [0, 0.1) is 0 Å². The van der Waals surface area contributed by atoms with Gasteiger partial charge in [-0.25, -0.2) is 4.98 Å². The molecule has 1 N–H and O–H groups in total. The van der Waals surface area contributed by atoms with Gasteiger partial charge in [0.2, 0.25) is 0 Å². The number of nitrogens with zero attached hydrogens (tertiary/aromatic N) is 1. The molecule has 1 aliphatic carbocycles. The molecule has 3 heteroatoms. The lowest BCUT2D eigenvalue weighted by atomic mass is 9.79. The molecule has 0 amide bonds. The number of benzene rings is 1. The van der Waals surface area contributed by atoms with Gasteiger partial charge in [0.1, 0.15) is 5.01 Å². The third kappa shape index (κ3) is 3.53. The summed E-state index contributed by atoms with van der Waals surface area (Å²) >= 11 is 1.77. The van der Waals surface area contributed by atoms with Crippen LogP contribution in [-0.4, -0.2) is 11.0 Å². The van der Waals surface area contributed by atoms with Crippen LogP contribution >= 0.6 is 11.3 Å². The van der Waals surface area contributed by atoms with Crippen molar-refractivity contribution < 1.29 is 0 Å². The molecule has 2 aromatic rings. The smallest absolute Gasteiger partial charge is 0.109 e. The highest BCUT2D eigenvalue weighted by Crippen LogP contribution is 2.35. The van der Waals surface area contributed by atoms with Gasteiger partial charge in [-0.05, 0) is 30.7 Å². The fourth-order valence-electron chi connectivity index (χ4n) is 3.46. The van der Waals surface area contributed by atoms with Crippen molar-refractivity contribution in [3.8, 4) is 0 Å². The number of hydrogen-bond acceptors (Lipinski definition) is 3. The third-order valence-corrected chi connectivity index (χ3v) is 5.46. The van der Waals surface area contributed by atoms with Crippen LogP contribution in [0.5, 0.6) is 0 Å². The Labute approximate surface area is 131 Å². The van der Waals surface area contributed by atoms with Crippen LogP contribution in [0.1, 0.15) is 61.6 Å². The Morgan fingerprint density at radius 1 is 1.24 bits per heavy atom. The minimum Gasteiger partial charge on any atom is -0.305 e. The van der Waals surface area contributed by atoms with E-state index in [1.165, 1.54) is 36.3 Å². The molecule has 0 bridgehead atoms. The van der Waals surface area contributed by atoms with Crippen LogP contribution in [0.25, 0.3) is 0 Å². The van der Waals surface area contributed by atoms with E-state index in [9.17, 15) is 0 Å². The summed E-state index contributed by atoms with van der Waals surface area (Å²) in [6, 6.07) is 12.0. The topological polar surface area (TPSA) is 24.9 Å². The molecular weight excluding hydrogens is 276 g/mol. The summed E-state index contributed by atoms with van der Waals surface area (Å²) in [5.74, 6) is 0.647. The molecule has 21 heavy (non-hydrogen) atoms. The molecule has 1 fully saturated rings. The Balaban J connectivity index is 1.75. The maximum atomic E-state index is 4.51. The Bertz CT molecular complexity index is 523. The zero-order valence-electron chi connectivity index (χ0n) is 12.7. The average Bonchev–Trinajstić information content (AvgIpc) is 3.08. The monoisotopic (exact) mass is 300 g/mol. The first kappa shape index (κ1) is 14.7. The summed E-state index contributed by atoms with van der Waals surface area (Å²) in [6.45, 7) is 2.25. The second-order valence-corrected chi connectivity index (χ2v) is 6.83. The molecule has 0 aliphatic heterocycles. The molecule has 3 rings (SSSR count). The Hall–Kier alpha value is -1.19. The van der Waals surface area contributed by atoms with E-state index in [2.05, 4.69) is 52.9 Å². The summed E-state index contributed by atoms with van der Waals surface area (Å²) in [6.07, 6.45) is 8.30. The lowest BCUT2D eigenvalue weighted by Crippen LogP contribution is -2.39. The molecule has 1 aromatic heterocycles. The Morgan fingerprint density at radius 3 is 2.76 bits per heavy atom. The largest absolute Gasteiger partial charge is 0.305 e. The van der Waals surface area contributed by atoms with E-state index in [4.69, 9.17) is 0 Å². The molecule has 0 spiro atoms. The number of hydrogen-bond donors (Lipinski definition) is 1. The summed E-state index contributed by atoms with van der Waals surface area (Å²) in [4.78, 5) is 4.51. The lowest BCUT2D eigenvalue weighted by molar-refractivity contribution is 0.296. The average molecular weight is 300 g/mol. The predicted molar refractivity (Wildman–Crippen MR) is 89.7 cm³/mol. The Kier molecular flexibility index (Phi) is 5.04. The quantitative estimate of drug-likeness (QED) is 0.848. The molecule has 3 atom stereocenters. The number of thiazole rings is 1. The van der Waals surface area contributed by atoms with Gasteiger partial charge in [-0.3, -0.25) is 0 Å². The Morgan fingerprint density at radius 2 is 2.05 bits per heavy atom. The van der Waals surface area contributed by atoms with E-state index < -0.39 is 0 Å². The van der Waals surface area contributed by atoms with Gasteiger partial charge in [-0.15, -0.1) is 11.3 Å². The molecule has 1 aliphatic rings. The van der Waals surface area contributed by atoms with E-state index in [0.717, 1.165) is 6.42 Å². The summed E-state index contributed by atoms with van der Waals surface area (Å²) < 4.78 is 0. The first-order valence-electron chi connectivity index (χ1n) is 8.09. The molecule has 1 heterocycles. The molecule has 0 radical (unpaired) electrons. The first-order chi connectivity index (χ1) is 10.4. The number of aromatic nitrogens is 1. The third-order valence-electron chi connectivity index (χ3n) is 4.57. The van der Waals surface area contributed by atoms with Gasteiger partial charge in [0, 0.05) is 17.6 Å². The fraction of sp³-hybridized carbons (Fsp3) is 0.500. The van der Waals surface area contributed by atoms with Gasteiger partial charge in [0.05, 0.1) is 6.04 Å². The highest BCUT2D eigenvalue weighted by atomic mass is 32.1. The molecule has 2 nitrogen and oxygen atoms in total. The standard InChI is InChI=1S/C18H24N2S/c1-2-16(18-19-12-13-21-18)20-17-11-7-6-10-15(17)14-8-4-3-5-9-14/h3-5,8-9,12-13,15-17,20H,2,6-7,10-11H2,1H3. The van der Waals surface area contributed by atoms with E-state index in [0.29, 0.717) is 18.0 Å². The van der Waals surface area contributed by atoms with Gasteiger partial charge < -0.3 is 5.32 Å². The SMILES string of the molecule is CCC(NC1CCCCC1c1ccccc1)c1nccs1. The van der Waals surface area contributed by atoms with Gasteiger partial charge in [0.25, 0.3) is 0 Å². The van der Waals surface area contributed by atoms with Crippen LogP contribution in [0.2, 0.25) is 0 Å². The zero-order valence-corrected chi connectivity index (χ0v) is 13.5. The second kappa shape index (κ2) is 7.19. The van der Waals surface area contributed by atoms with Crippen LogP contribution in [0.4, 0.5) is 0 Å². The maximum Gasteiger partial charge on any atom is 0.109 e. The minimum atomic E-state index is 0.402. The molecular formula is C18H24N2S. The van der Waals surface area contributed by atoms with Crippen molar-refractivity contribution in [2.24, 2.45) is 0 Å². The highest BCUT2D eigenvalue weighted by molar-refractivity contribution is 7.09. The highest BCUT2D eigenvalue weighted by Gasteiger charge is 2.28. The maximum absolute atomic E-state index is 4.51. The van der Waals surface area contributed by atoms with Crippen molar-refractivity contribution >= 4 is 11.3 Å². The van der Waals surface area contributed by atoms with Crippen molar-refractivity contribution in [2.45, 2.75) is 57.0 Å². The number of nitrogens with one attached hydrogen (secondary N) is 1. The van der Waals surface area contributed by atoms with E-state index in [-0.39, 0.29) is 0 Å². The fourth-order valence-corrected chi connectivity index (χ4v) is 4.24. The van der Waals surface area contributed by atoms with Crippen LogP contribution < -0.4 is 5.32 Å². The first-order valence-corrected chi connectivity index (χ1v) is 8.97. The van der Waals surface area contributed by atoms with E-state index in [1.807, 2.05) is 6.20 Å². The normalized spacial score (nSPS) is 23.9. The van der Waals surface area contributed by atoms with Crippen LogP contribution in [-0.2, 0) is 0 Å². The van der Waals surface area contributed by atoms with Crippen molar-refractivity contribution in [3.63, 3.8) is 0 Å². The summed E-state index contributed by atoms with van der Waals surface area (Å²) in [5.41, 5.74) is 1.49. The van der Waals surface area contributed by atoms with E-state index in [1.54, 1.807) is 11.3 Å². The van der Waals surface area contributed by atoms with Crippen molar-refractivity contribution in [2.75, 3.05) is 0 Å². The van der Waals surface area contributed by atoms with Crippen LogP contribution in [0.3, 0.4) is 0 Å². The van der Waals surface area contributed by atoms with E-state index >= 15 is 0 Å². The zero-order chi connectivity index (χ0) is 14.5. The molecule has 1 saturated carbocycles. The summed E-state index contributed by atoms with van der Waals surface area (Å²) in [5, 5.41) is 7.21. The molecule has 0 saturated heterocycles. The number of rotatable bonds is 5. The van der Waals surface area contributed by atoms with Gasteiger partial charge >= 0.3 is 0 Å². The molecule has 112 valence electrons. The van der Waals surface area contributed by atoms with Crippen molar-refractivity contribution in [1.82, 2.24) is 10.3 Å². The van der Waals surface area contributed by atoms with Crippen molar-refractivity contribution in [1.29, 1.82) is 0 Å². The van der Waals surface area contributed by atoms with Crippen molar-refractivity contribution in [3.05, 3.63) is 52.5 Å². The minimum absolute atomic E-state index is 0.402. The lowest BCUT2D eigenvalue weighted by Gasteiger charge is -2.35. The van der Waals surface area contributed by atoms with Gasteiger partial charge in [-0.1, -0.05) is 50.1 Å². The van der Waals surface area contributed by atoms with Gasteiger partial charge in [-0.2, -0.15) is 0 Å². The summed E-state index contributed by atoms with van der Waals surface area (Å²) in [7, 11) is 0. The molecule has 1 aromatic carbocycles. The van der Waals surface area contributed by atoms with Crippen LogP contribution in [0.15, 0.2) is 41.9 Å². The molecule has 3 unspecified atom stereocenters. The van der Waals surface area contributed by atoms with Gasteiger partial charge in [0.15, 0.2) is 0 Å².